The maximum absolute atomic E-state index is 13.9. The predicted molar refractivity (Wildman–Crippen MR) is 115 cm³/mol. The second-order valence-corrected chi connectivity index (χ2v) is 8.17. The largest absolute Gasteiger partial charge is 0.329 e. The summed E-state index contributed by atoms with van der Waals surface area (Å²) in [6.07, 6.45) is 3.32. The standard InChI is InChI=1S/C21H16FN5O5S/c1-11(26-19(29)13-4-3-5-15(27(31)32)17(13)20(26)30)18(28)24-14-10-12(22)6-7-16(14)33-21-23-8-9-25(21)2/h3-11H,1-2H3,(H,24,28). The molecule has 3 aromatic rings. The Bertz CT molecular complexity index is 1320. The zero-order chi connectivity index (χ0) is 23.9. The van der Waals surface area contributed by atoms with Crippen LogP contribution in [0.5, 0.6) is 0 Å². The van der Waals surface area contributed by atoms with E-state index in [4.69, 9.17) is 0 Å². The van der Waals surface area contributed by atoms with Crippen LogP contribution in [0.4, 0.5) is 15.8 Å². The molecule has 1 unspecified atom stereocenters. The van der Waals surface area contributed by atoms with Gasteiger partial charge in [-0.15, -0.1) is 0 Å². The van der Waals surface area contributed by atoms with Crippen LogP contribution in [0.15, 0.2) is 58.8 Å². The van der Waals surface area contributed by atoms with E-state index in [1.807, 2.05) is 0 Å². The van der Waals surface area contributed by atoms with Crippen LogP contribution in [0.3, 0.4) is 0 Å². The quantitative estimate of drug-likeness (QED) is 0.333. The number of imide groups is 1. The fourth-order valence-corrected chi connectivity index (χ4v) is 4.25. The van der Waals surface area contributed by atoms with Crippen LogP contribution in [-0.4, -0.2) is 43.1 Å². The van der Waals surface area contributed by atoms with Gasteiger partial charge in [0.15, 0.2) is 5.16 Å². The van der Waals surface area contributed by atoms with Crippen molar-refractivity contribution < 1.29 is 23.7 Å². The van der Waals surface area contributed by atoms with Crippen LogP contribution in [-0.2, 0) is 11.8 Å². The average molecular weight is 469 g/mol. The molecule has 1 aromatic heterocycles. The second-order valence-electron chi connectivity index (χ2n) is 7.17. The summed E-state index contributed by atoms with van der Waals surface area (Å²) in [5, 5.41) is 14.4. The van der Waals surface area contributed by atoms with Crippen molar-refractivity contribution in [2.45, 2.75) is 23.0 Å². The molecule has 33 heavy (non-hydrogen) atoms. The predicted octanol–water partition coefficient (Wildman–Crippen LogP) is 3.24. The first kappa shape index (κ1) is 22.1. The van der Waals surface area contributed by atoms with E-state index in [1.165, 1.54) is 43.0 Å². The number of halogens is 1. The molecule has 12 heteroatoms. The molecule has 4 rings (SSSR count). The number of carbonyl (C=O) groups is 3. The molecule has 0 saturated carbocycles. The Labute approximate surface area is 190 Å². The maximum atomic E-state index is 13.9. The van der Waals surface area contributed by atoms with Gasteiger partial charge in [-0.25, -0.2) is 9.37 Å². The number of anilines is 1. The Kier molecular flexibility index (Phi) is 5.68. The normalized spacial score (nSPS) is 13.7. The van der Waals surface area contributed by atoms with Gasteiger partial charge in [0.05, 0.1) is 16.2 Å². The molecule has 0 aliphatic carbocycles. The summed E-state index contributed by atoms with van der Waals surface area (Å²) < 4.78 is 15.7. The third-order valence-electron chi connectivity index (χ3n) is 5.07. The number of amides is 3. The summed E-state index contributed by atoms with van der Waals surface area (Å²) in [7, 11) is 1.78. The van der Waals surface area contributed by atoms with E-state index < -0.39 is 40.2 Å². The van der Waals surface area contributed by atoms with Gasteiger partial charge in [0.1, 0.15) is 17.4 Å². The van der Waals surface area contributed by atoms with Crippen molar-refractivity contribution in [2.75, 3.05) is 5.32 Å². The first-order valence-corrected chi connectivity index (χ1v) is 10.4. The van der Waals surface area contributed by atoms with Crippen molar-refractivity contribution in [1.82, 2.24) is 14.5 Å². The summed E-state index contributed by atoms with van der Waals surface area (Å²) >= 11 is 1.19. The lowest BCUT2D eigenvalue weighted by molar-refractivity contribution is -0.385. The highest BCUT2D eigenvalue weighted by molar-refractivity contribution is 7.99. The van der Waals surface area contributed by atoms with Crippen LogP contribution in [0.1, 0.15) is 27.6 Å². The lowest BCUT2D eigenvalue weighted by Crippen LogP contribution is -2.45. The van der Waals surface area contributed by atoms with Gasteiger partial charge in [-0.3, -0.25) is 29.4 Å². The number of hydrogen-bond donors (Lipinski definition) is 1. The Balaban J connectivity index is 1.60. The van der Waals surface area contributed by atoms with E-state index in [0.29, 0.717) is 15.0 Å². The topological polar surface area (TPSA) is 127 Å². The van der Waals surface area contributed by atoms with Crippen molar-refractivity contribution >= 4 is 40.9 Å². The third-order valence-corrected chi connectivity index (χ3v) is 6.22. The molecule has 1 atom stereocenters. The number of nitrogens with one attached hydrogen (secondary N) is 1. The number of nitrogens with zero attached hydrogens (tertiary/aromatic N) is 4. The van der Waals surface area contributed by atoms with Gasteiger partial charge in [0.25, 0.3) is 17.5 Å². The molecule has 3 amide bonds. The molecule has 0 bridgehead atoms. The van der Waals surface area contributed by atoms with Gasteiger partial charge >= 0.3 is 0 Å². The Morgan fingerprint density at radius 3 is 2.67 bits per heavy atom. The Morgan fingerprint density at radius 2 is 2.00 bits per heavy atom. The summed E-state index contributed by atoms with van der Waals surface area (Å²) in [5.74, 6) is -3.12. The van der Waals surface area contributed by atoms with Crippen molar-refractivity contribution in [3.63, 3.8) is 0 Å². The molecule has 0 fully saturated rings. The first-order valence-electron chi connectivity index (χ1n) is 9.60. The SMILES string of the molecule is CC(C(=O)Nc1cc(F)ccc1Sc1nccn1C)N1C(=O)c2cccc([N+](=O)[O-])c2C1=O. The number of nitro groups is 1. The molecule has 168 valence electrons. The fraction of sp³-hybridized carbons (Fsp3) is 0.143. The van der Waals surface area contributed by atoms with Gasteiger partial charge in [-0.1, -0.05) is 6.07 Å². The van der Waals surface area contributed by atoms with Gasteiger partial charge in [-0.2, -0.15) is 0 Å². The van der Waals surface area contributed by atoms with E-state index in [0.717, 1.165) is 12.1 Å². The number of rotatable bonds is 6. The van der Waals surface area contributed by atoms with Crippen molar-refractivity contribution in [1.29, 1.82) is 0 Å². The minimum atomic E-state index is -1.31. The Hall–Kier alpha value is -4.06. The summed E-state index contributed by atoms with van der Waals surface area (Å²) in [6, 6.07) is 6.21. The van der Waals surface area contributed by atoms with Gasteiger partial charge in [-0.05, 0) is 43.0 Å². The fourth-order valence-electron chi connectivity index (χ4n) is 3.38. The third kappa shape index (κ3) is 3.96. The molecule has 1 aliphatic rings. The lowest BCUT2D eigenvalue weighted by Gasteiger charge is -2.22. The summed E-state index contributed by atoms with van der Waals surface area (Å²) in [4.78, 5) is 54.4. The highest BCUT2D eigenvalue weighted by atomic mass is 32.2. The monoisotopic (exact) mass is 469 g/mol. The molecule has 0 saturated heterocycles. The molecule has 2 aromatic carbocycles. The number of fused-ring (bicyclic) bond motifs is 1. The minimum Gasteiger partial charge on any atom is -0.329 e. The molecule has 1 N–H and O–H groups in total. The molecule has 1 aliphatic heterocycles. The number of nitro benzene ring substituents is 1. The van der Waals surface area contributed by atoms with E-state index in [-0.39, 0.29) is 16.8 Å². The molecular formula is C21H16FN5O5S. The lowest BCUT2D eigenvalue weighted by atomic mass is 10.1. The number of benzene rings is 2. The highest BCUT2D eigenvalue weighted by Gasteiger charge is 2.44. The molecular weight excluding hydrogens is 453 g/mol. The highest BCUT2D eigenvalue weighted by Crippen LogP contribution is 2.34. The smallest absolute Gasteiger partial charge is 0.282 e. The van der Waals surface area contributed by atoms with Crippen molar-refractivity contribution in [2.24, 2.45) is 7.05 Å². The Morgan fingerprint density at radius 1 is 1.24 bits per heavy atom. The zero-order valence-electron chi connectivity index (χ0n) is 17.3. The van der Waals surface area contributed by atoms with Crippen LogP contribution >= 0.6 is 11.8 Å². The first-order chi connectivity index (χ1) is 15.7. The summed E-state index contributed by atoms with van der Waals surface area (Å²) in [5.41, 5.74) is -0.892. The van der Waals surface area contributed by atoms with E-state index in [1.54, 1.807) is 24.0 Å². The summed E-state index contributed by atoms with van der Waals surface area (Å²) in [6.45, 7) is 1.31. The van der Waals surface area contributed by atoms with Gasteiger partial charge in [0.2, 0.25) is 5.91 Å². The molecule has 2 heterocycles. The van der Waals surface area contributed by atoms with Crippen molar-refractivity contribution in [3.05, 3.63) is 75.9 Å². The number of carbonyl (C=O) groups excluding carboxylic acids is 3. The van der Waals surface area contributed by atoms with E-state index in [2.05, 4.69) is 10.3 Å². The number of hydrogen-bond acceptors (Lipinski definition) is 7. The van der Waals surface area contributed by atoms with Gasteiger partial charge in [0, 0.05) is 30.4 Å². The number of imidazole rings is 1. The van der Waals surface area contributed by atoms with Gasteiger partial charge < -0.3 is 9.88 Å². The van der Waals surface area contributed by atoms with Crippen LogP contribution < -0.4 is 5.32 Å². The maximum Gasteiger partial charge on any atom is 0.282 e. The average Bonchev–Trinajstić information content (AvgIpc) is 3.29. The van der Waals surface area contributed by atoms with Crippen LogP contribution in [0, 0.1) is 15.9 Å². The zero-order valence-corrected chi connectivity index (χ0v) is 18.1. The van der Waals surface area contributed by atoms with Crippen LogP contribution in [0.25, 0.3) is 0 Å². The molecule has 10 nitrogen and oxygen atoms in total. The minimum absolute atomic E-state index is 0.127. The van der Waals surface area contributed by atoms with Crippen molar-refractivity contribution in [3.8, 4) is 0 Å². The number of aryl methyl sites for hydroxylation is 1. The van der Waals surface area contributed by atoms with E-state index in [9.17, 15) is 28.9 Å². The van der Waals surface area contributed by atoms with Crippen LogP contribution in [0.2, 0.25) is 0 Å². The number of aromatic nitrogens is 2. The molecule has 0 radical (unpaired) electrons. The molecule has 0 spiro atoms. The van der Waals surface area contributed by atoms with E-state index >= 15 is 0 Å². The second kappa shape index (κ2) is 8.47.